The van der Waals surface area contributed by atoms with Gasteiger partial charge in [-0.2, -0.15) is 5.10 Å². The Morgan fingerprint density at radius 3 is 2.96 bits per heavy atom. The highest BCUT2D eigenvalue weighted by molar-refractivity contribution is 14.0. The van der Waals surface area contributed by atoms with Crippen LogP contribution in [0.5, 0.6) is 0 Å². The SMILES string of the molecule is C=CCCCCCN(C)C(=NC)NCCc1nc(-c2ccco2)n[nH]1.I. The minimum Gasteiger partial charge on any atom is -0.461 e. The van der Waals surface area contributed by atoms with Crippen LogP contribution in [-0.4, -0.2) is 53.2 Å². The van der Waals surface area contributed by atoms with Gasteiger partial charge in [0.25, 0.3) is 0 Å². The lowest BCUT2D eigenvalue weighted by molar-refractivity contribution is 0.455. The maximum atomic E-state index is 5.29. The van der Waals surface area contributed by atoms with Gasteiger partial charge >= 0.3 is 0 Å². The van der Waals surface area contributed by atoms with E-state index in [0.29, 0.717) is 11.6 Å². The molecule has 2 aromatic rings. The molecule has 0 saturated carbocycles. The Balaban J connectivity index is 0.00000338. The van der Waals surface area contributed by atoms with E-state index >= 15 is 0 Å². The number of rotatable bonds is 10. The molecular formula is C18H29IN6O. The molecule has 144 valence electrons. The largest absolute Gasteiger partial charge is 0.461 e. The zero-order chi connectivity index (χ0) is 17.9. The molecule has 8 heteroatoms. The Morgan fingerprint density at radius 1 is 1.42 bits per heavy atom. The minimum atomic E-state index is 0. The van der Waals surface area contributed by atoms with Gasteiger partial charge in [0.15, 0.2) is 11.7 Å². The van der Waals surface area contributed by atoms with Crippen LogP contribution in [0, 0.1) is 0 Å². The number of allylic oxidation sites excluding steroid dienone is 1. The number of nitrogens with zero attached hydrogens (tertiary/aromatic N) is 4. The summed E-state index contributed by atoms with van der Waals surface area (Å²) in [5, 5.41) is 10.5. The highest BCUT2D eigenvalue weighted by Crippen LogP contribution is 2.14. The number of halogens is 1. The number of H-pyrrole nitrogens is 1. The Bertz CT molecular complexity index is 652. The van der Waals surface area contributed by atoms with Crippen LogP contribution >= 0.6 is 24.0 Å². The molecule has 0 amide bonds. The summed E-state index contributed by atoms with van der Waals surface area (Å²) >= 11 is 0. The second kappa shape index (κ2) is 12.5. The summed E-state index contributed by atoms with van der Waals surface area (Å²) in [6, 6.07) is 3.67. The van der Waals surface area contributed by atoms with E-state index in [0.717, 1.165) is 44.1 Å². The van der Waals surface area contributed by atoms with E-state index in [9.17, 15) is 0 Å². The van der Waals surface area contributed by atoms with Gasteiger partial charge in [0.2, 0.25) is 5.82 Å². The molecule has 2 N–H and O–H groups in total. The molecule has 0 aliphatic heterocycles. The molecule has 0 aromatic carbocycles. The molecule has 2 rings (SSSR count). The lowest BCUT2D eigenvalue weighted by Crippen LogP contribution is -2.40. The Hall–Kier alpha value is -1.84. The third-order valence-electron chi connectivity index (χ3n) is 3.89. The van der Waals surface area contributed by atoms with Gasteiger partial charge in [-0.3, -0.25) is 10.1 Å². The van der Waals surface area contributed by atoms with Gasteiger partial charge < -0.3 is 14.6 Å². The van der Waals surface area contributed by atoms with E-state index in [-0.39, 0.29) is 24.0 Å². The van der Waals surface area contributed by atoms with Crippen LogP contribution in [-0.2, 0) is 6.42 Å². The maximum Gasteiger partial charge on any atom is 0.216 e. The van der Waals surface area contributed by atoms with Crippen molar-refractivity contribution in [3.05, 3.63) is 36.9 Å². The predicted octanol–water partition coefficient (Wildman–Crippen LogP) is 3.48. The van der Waals surface area contributed by atoms with Crippen molar-refractivity contribution in [2.45, 2.75) is 32.1 Å². The van der Waals surface area contributed by atoms with Crippen molar-refractivity contribution in [3.8, 4) is 11.6 Å². The van der Waals surface area contributed by atoms with Crippen LogP contribution in [0.25, 0.3) is 11.6 Å². The molecule has 0 fully saturated rings. The number of furan rings is 1. The number of hydrogen-bond acceptors (Lipinski definition) is 4. The second-order valence-corrected chi connectivity index (χ2v) is 5.87. The average molecular weight is 472 g/mol. The standard InChI is InChI=1S/C18H28N6O.HI/c1-4-5-6-7-8-13-24(3)18(19-2)20-12-11-16-21-17(23-22-16)15-10-9-14-25-15;/h4,9-10,14H,1,5-8,11-13H2,2-3H3,(H,19,20)(H,21,22,23);1H. The van der Waals surface area contributed by atoms with Crippen LogP contribution in [0.3, 0.4) is 0 Å². The number of aliphatic imine (C=N–C) groups is 1. The topological polar surface area (TPSA) is 82.3 Å². The van der Waals surface area contributed by atoms with Crippen molar-refractivity contribution in [3.63, 3.8) is 0 Å². The minimum absolute atomic E-state index is 0. The molecule has 2 aromatic heterocycles. The smallest absolute Gasteiger partial charge is 0.216 e. The number of unbranched alkanes of at least 4 members (excludes halogenated alkanes) is 3. The second-order valence-electron chi connectivity index (χ2n) is 5.87. The summed E-state index contributed by atoms with van der Waals surface area (Å²) in [7, 11) is 3.87. The normalized spacial score (nSPS) is 11.1. The van der Waals surface area contributed by atoms with E-state index in [1.807, 2.05) is 18.2 Å². The van der Waals surface area contributed by atoms with Gasteiger partial charge in [0.05, 0.1) is 6.26 Å². The fourth-order valence-corrected chi connectivity index (χ4v) is 2.52. The van der Waals surface area contributed by atoms with E-state index < -0.39 is 0 Å². The van der Waals surface area contributed by atoms with Gasteiger partial charge in [0.1, 0.15) is 5.82 Å². The molecule has 26 heavy (non-hydrogen) atoms. The zero-order valence-corrected chi connectivity index (χ0v) is 17.9. The summed E-state index contributed by atoms with van der Waals surface area (Å²) < 4.78 is 5.29. The number of guanidine groups is 1. The lowest BCUT2D eigenvalue weighted by atomic mass is 10.2. The number of hydrogen-bond donors (Lipinski definition) is 2. The highest BCUT2D eigenvalue weighted by Gasteiger charge is 2.09. The molecule has 2 heterocycles. The predicted molar refractivity (Wildman–Crippen MR) is 116 cm³/mol. The molecule has 0 aliphatic carbocycles. The summed E-state index contributed by atoms with van der Waals surface area (Å²) in [6.07, 6.45) is 8.98. The fourth-order valence-electron chi connectivity index (χ4n) is 2.52. The van der Waals surface area contributed by atoms with Gasteiger partial charge in [-0.25, -0.2) is 4.98 Å². The summed E-state index contributed by atoms with van der Waals surface area (Å²) in [5.74, 6) is 2.97. The molecule has 0 aliphatic rings. The Kier molecular flexibility index (Phi) is 10.7. The van der Waals surface area contributed by atoms with E-state index in [1.165, 1.54) is 12.8 Å². The van der Waals surface area contributed by atoms with E-state index in [1.54, 1.807) is 13.3 Å². The van der Waals surface area contributed by atoms with Crippen molar-refractivity contribution in [2.75, 3.05) is 27.2 Å². The van der Waals surface area contributed by atoms with Crippen LogP contribution < -0.4 is 5.32 Å². The first-order chi connectivity index (χ1) is 12.2. The first-order valence-electron chi connectivity index (χ1n) is 8.72. The van der Waals surface area contributed by atoms with Gasteiger partial charge in [-0.15, -0.1) is 30.6 Å². The summed E-state index contributed by atoms with van der Waals surface area (Å²) in [4.78, 5) is 10.9. The van der Waals surface area contributed by atoms with Crippen molar-refractivity contribution in [1.82, 2.24) is 25.4 Å². The molecule has 0 spiro atoms. The average Bonchev–Trinajstić information content (AvgIpc) is 3.29. The Labute approximate surface area is 172 Å². The van der Waals surface area contributed by atoms with Crippen LogP contribution in [0.2, 0.25) is 0 Å². The lowest BCUT2D eigenvalue weighted by Gasteiger charge is -2.21. The molecule has 0 bridgehead atoms. The fraction of sp³-hybridized carbons (Fsp3) is 0.500. The quantitative estimate of drug-likeness (QED) is 0.182. The summed E-state index contributed by atoms with van der Waals surface area (Å²) in [6.45, 7) is 5.48. The van der Waals surface area contributed by atoms with Gasteiger partial charge in [-0.05, 0) is 31.4 Å². The first-order valence-corrected chi connectivity index (χ1v) is 8.72. The molecule has 0 radical (unpaired) electrons. The highest BCUT2D eigenvalue weighted by atomic mass is 127. The molecule has 0 unspecified atom stereocenters. The third kappa shape index (κ3) is 7.19. The zero-order valence-electron chi connectivity index (χ0n) is 15.6. The van der Waals surface area contributed by atoms with Crippen LogP contribution in [0.4, 0.5) is 0 Å². The van der Waals surface area contributed by atoms with Crippen molar-refractivity contribution >= 4 is 29.9 Å². The van der Waals surface area contributed by atoms with Crippen LogP contribution in [0.1, 0.15) is 31.5 Å². The molecule has 0 saturated heterocycles. The third-order valence-corrected chi connectivity index (χ3v) is 3.89. The number of aromatic nitrogens is 3. The van der Waals surface area contributed by atoms with E-state index in [2.05, 4.69) is 44.0 Å². The van der Waals surface area contributed by atoms with E-state index in [4.69, 9.17) is 4.42 Å². The number of aromatic amines is 1. The number of nitrogens with one attached hydrogen (secondary N) is 2. The van der Waals surface area contributed by atoms with Crippen molar-refractivity contribution in [1.29, 1.82) is 0 Å². The molecule has 0 atom stereocenters. The van der Waals surface area contributed by atoms with Gasteiger partial charge in [-0.1, -0.05) is 12.5 Å². The first kappa shape index (κ1) is 22.2. The monoisotopic (exact) mass is 472 g/mol. The van der Waals surface area contributed by atoms with Crippen LogP contribution in [0.15, 0.2) is 40.5 Å². The molecular weight excluding hydrogens is 443 g/mol. The van der Waals surface area contributed by atoms with Crippen molar-refractivity contribution in [2.24, 2.45) is 4.99 Å². The Morgan fingerprint density at radius 2 is 2.27 bits per heavy atom. The summed E-state index contributed by atoms with van der Waals surface area (Å²) in [5.41, 5.74) is 0. The molecule has 7 nitrogen and oxygen atoms in total. The van der Waals surface area contributed by atoms with Gasteiger partial charge in [0, 0.05) is 33.6 Å². The van der Waals surface area contributed by atoms with Crippen molar-refractivity contribution < 1.29 is 4.42 Å². The maximum absolute atomic E-state index is 5.29.